The molecule has 0 spiro atoms. The number of ether oxygens (including phenoxy) is 1. The maximum Gasteiger partial charge on any atom is 0.129 e. The first-order chi connectivity index (χ1) is 9.52. The molecule has 2 aromatic rings. The lowest BCUT2D eigenvalue weighted by molar-refractivity contribution is 0.171. The minimum atomic E-state index is -1.12. The number of aliphatic hydroxyl groups excluding tert-OH is 1. The van der Waals surface area contributed by atoms with Crippen LogP contribution in [-0.4, -0.2) is 12.2 Å². The first-order valence-corrected chi connectivity index (χ1v) is 6.35. The van der Waals surface area contributed by atoms with Gasteiger partial charge in [-0.05, 0) is 30.3 Å². The molecule has 0 fully saturated rings. The van der Waals surface area contributed by atoms with Gasteiger partial charge in [-0.25, -0.2) is 8.78 Å². The molecule has 1 atom stereocenters. The van der Waals surface area contributed by atoms with E-state index in [4.69, 9.17) is 16.3 Å². The predicted molar refractivity (Wildman–Crippen MR) is 73.0 cm³/mol. The van der Waals surface area contributed by atoms with Gasteiger partial charge in [0.25, 0.3) is 0 Å². The van der Waals surface area contributed by atoms with Gasteiger partial charge in [-0.15, -0.1) is 0 Å². The van der Waals surface area contributed by atoms with Crippen LogP contribution in [0.4, 0.5) is 8.78 Å². The van der Waals surface area contributed by atoms with Gasteiger partial charge in [0.15, 0.2) is 0 Å². The number of halogens is 3. The molecule has 2 rings (SSSR count). The van der Waals surface area contributed by atoms with Crippen LogP contribution in [0, 0.1) is 11.6 Å². The van der Waals surface area contributed by atoms with Crippen LogP contribution in [0.25, 0.3) is 0 Å². The topological polar surface area (TPSA) is 29.5 Å². The Hall–Kier alpha value is -1.65. The van der Waals surface area contributed by atoms with Crippen LogP contribution in [0.5, 0.6) is 5.75 Å². The highest BCUT2D eigenvalue weighted by atomic mass is 35.5. The molecule has 20 heavy (non-hydrogen) atoms. The largest absolute Gasteiger partial charge is 0.496 e. The highest BCUT2D eigenvalue weighted by Gasteiger charge is 2.18. The molecular formula is C15H13ClF2O2. The van der Waals surface area contributed by atoms with Gasteiger partial charge in [0, 0.05) is 22.6 Å². The molecule has 0 saturated heterocycles. The Labute approximate surface area is 120 Å². The molecule has 1 unspecified atom stereocenters. The SMILES string of the molecule is COc1ccc(Cl)cc1C(O)Cc1c(F)cccc1F. The molecule has 0 heterocycles. The third-order valence-electron chi connectivity index (χ3n) is 3.01. The van der Waals surface area contributed by atoms with E-state index in [1.54, 1.807) is 12.1 Å². The minimum absolute atomic E-state index is 0.165. The summed E-state index contributed by atoms with van der Waals surface area (Å²) in [6, 6.07) is 8.31. The summed E-state index contributed by atoms with van der Waals surface area (Å²) >= 11 is 5.87. The molecule has 2 nitrogen and oxygen atoms in total. The molecule has 0 amide bonds. The van der Waals surface area contributed by atoms with Crippen LogP contribution >= 0.6 is 11.6 Å². The van der Waals surface area contributed by atoms with E-state index in [1.165, 1.54) is 19.2 Å². The summed E-state index contributed by atoms with van der Waals surface area (Å²) < 4.78 is 32.3. The molecule has 5 heteroatoms. The third kappa shape index (κ3) is 3.08. The van der Waals surface area contributed by atoms with E-state index in [0.717, 1.165) is 12.1 Å². The van der Waals surface area contributed by atoms with Gasteiger partial charge in [0.2, 0.25) is 0 Å². The zero-order valence-corrected chi connectivity index (χ0v) is 11.5. The van der Waals surface area contributed by atoms with Gasteiger partial charge < -0.3 is 9.84 Å². The van der Waals surface area contributed by atoms with Crippen LogP contribution in [0.1, 0.15) is 17.2 Å². The zero-order valence-electron chi connectivity index (χ0n) is 10.7. The van der Waals surface area contributed by atoms with Crippen molar-refractivity contribution in [3.8, 4) is 5.75 Å². The summed E-state index contributed by atoms with van der Waals surface area (Å²) in [5.74, 6) is -0.964. The van der Waals surface area contributed by atoms with Crippen molar-refractivity contribution in [2.45, 2.75) is 12.5 Å². The van der Waals surface area contributed by atoms with Crippen molar-refractivity contribution in [1.29, 1.82) is 0 Å². The highest BCUT2D eigenvalue weighted by molar-refractivity contribution is 6.30. The Bertz CT molecular complexity index is 597. The first-order valence-electron chi connectivity index (χ1n) is 5.97. The Morgan fingerprint density at radius 1 is 1.20 bits per heavy atom. The van der Waals surface area contributed by atoms with Crippen LogP contribution in [0.2, 0.25) is 5.02 Å². The molecule has 2 aromatic carbocycles. The van der Waals surface area contributed by atoms with Gasteiger partial charge in [0.05, 0.1) is 13.2 Å². The smallest absolute Gasteiger partial charge is 0.129 e. The Morgan fingerprint density at radius 3 is 2.45 bits per heavy atom. The van der Waals surface area contributed by atoms with Crippen LogP contribution in [-0.2, 0) is 6.42 Å². The van der Waals surface area contributed by atoms with E-state index in [-0.39, 0.29) is 12.0 Å². The predicted octanol–water partition coefficient (Wildman–Crippen LogP) is 3.90. The average Bonchev–Trinajstić information content (AvgIpc) is 2.43. The quantitative estimate of drug-likeness (QED) is 0.927. The molecule has 0 saturated carbocycles. The molecule has 106 valence electrons. The number of benzene rings is 2. The fraction of sp³-hybridized carbons (Fsp3) is 0.200. The minimum Gasteiger partial charge on any atom is -0.496 e. The summed E-state index contributed by atoms with van der Waals surface area (Å²) in [6.45, 7) is 0. The fourth-order valence-electron chi connectivity index (χ4n) is 2.00. The maximum absolute atomic E-state index is 13.6. The van der Waals surface area contributed by atoms with Crippen LogP contribution in [0.15, 0.2) is 36.4 Å². The van der Waals surface area contributed by atoms with Crippen molar-refractivity contribution < 1.29 is 18.6 Å². The second-order valence-corrected chi connectivity index (χ2v) is 4.74. The average molecular weight is 299 g/mol. The van der Waals surface area contributed by atoms with E-state index in [1.807, 2.05) is 0 Å². The summed E-state index contributed by atoms with van der Waals surface area (Å²) in [5, 5.41) is 10.6. The van der Waals surface area contributed by atoms with E-state index in [0.29, 0.717) is 16.3 Å². The Morgan fingerprint density at radius 2 is 1.85 bits per heavy atom. The molecule has 0 aliphatic heterocycles. The fourth-order valence-corrected chi connectivity index (χ4v) is 2.18. The third-order valence-corrected chi connectivity index (χ3v) is 3.25. The molecular weight excluding hydrogens is 286 g/mol. The van der Waals surface area contributed by atoms with Gasteiger partial charge >= 0.3 is 0 Å². The summed E-state index contributed by atoms with van der Waals surface area (Å²) in [5.41, 5.74) is 0.227. The summed E-state index contributed by atoms with van der Waals surface area (Å²) in [6.07, 6.45) is -1.31. The Balaban J connectivity index is 2.33. The zero-order chi connectivity index (χ0) is 14.7. The van der Waals surface area contributed by atoms with E-state index in [9.17, 15) is 13.9 Å². The highest BCUT2D eigenvalue weighted by Crippen LogP contribution is 2.31. The first kappa shape index (κ1) is 14.8. The second kappa shape index (κ2) is 6.20. The van der Waals surface area contributed by atoms with E-state index >= 15 is 0 Å². The van der Waals surface area contributed by atoms with Crippen molar-refractivity contribution in [3.63, 3.8) is 0 Å². The molecule has 0 aliphatic rings. The molecule has 0 aliphatic carbocycles. The summed E-state index contributed by atoms with van der Waals surface area (Å²) in [7, 11) is 1.45. The van der Waals surface area contributed by atoms with Gasteiger partial charge in [0.1, 0.15) is 17.4 Å². The normalized spacial score (nSPS) is 12.2. The number of aliphatic hydroxyl groups is 1. The molecule has 0 radical (unpaired) electrons. The maximum atomic E-state index is 13.6. The van der Waals surface area contributed by atoms with E-state index < -0.39 is 17.7 Å². The van der Waals surface area contributed by atoms with Crippen molar-refractivity contribution in [1.82, 2.24) is 0 Å². The van der Waals surface area contributed by atoms with E-state index in [2.05, 4.69) is 0 Å². The second-order valence-electron chi connectivity index (χ2n) is 4.31. The van der Waals surface area contributed by atoms with Gasteiger partial charge in [-0.1, -0.05) is 17.7 Å². The van der Waals surface area contributed by atoms with Gasteiger partial charge in [-0.2, -0.15) is 0 Å². The van der Waals surface area contributed by atoms with Crippen molar-refractivity contribution in [2.75, 3.05) is 7.11 Å². The lowest BCUT2D eigenvalue weighted by atomic mass is 10.00. The number of rotatable bonds is 4. The molecule has 0 aromatic heterocycles. The van der Waals surface area contributed by atoms with Gasteiger partial charge in [-0.3, -0.25) is 0 Å². The number of methoxy groups -OCH3 is 1. The summed E-state index contributed by atoms with van der Waals surface area (Å²) in [4.78, 5) is 0. The van der Waals surface area contributed by atoms with Crippen LogP contribution < -0.4 is 4.74 Å². The molecule has 1 N–H and O–H groups in total. The monoisotopic (exact) mass is 298 g/mol. The lowest BCUT2D eigenvalue weighted by Crippen LogP contribution is -2.07. The van der Waals surface area contributed by atoms with Crippen molar-refractivity contribution in [2.24, 2.45) is 0 Å². The van der Waals surface area contributed by atoms with Crippen LogP contribution in [0.3, 0.4) is 0 Å². The lowest BCUT2D eigenvalue weighted by Gasteiger charge is -2.16. The van der Waals surface area contributed by atoms with Crippen molar-refractivity contribution in [3.05, 3.63) is 64.2 Å². The number of hydrogen-bond donors (Lipinski definition) is 1. The standard InChI is InChI=1S/C15H13ClF2O2/c1-20-15-6-5-9(16)7-11(15)14(19)8-10-12(17)3-2-4-13(10)18/h2-7,14,19H,8H2,1H3. The Kier molecular flexibility index (Phi) is 4.57. The van der Waals surface area contributed by atoms with Crippen molar-refractivity contribution >= 4 is 11.6 Å². The number of hydrogen-bond acceptors (Lipinski definition) is 2. The molecule has 0 bridgehead atoms.